The van der Waals surface area contributed by atoms with Crippen LogP contribution in [0.3, 0.4) is 0 Å². The van der Waals surface area contributed by atoms with Gasteiger partial charge in [-0.05, 0) is 17.6 Å². The molecule has 0 bridgehead atoms. The second kappa shape index (κ2) is 5.19. The van der Waals surface area contributed by atoms with Gasteiger partial charge in [0, 0.05) is 5.39 Å². The predicted molar refractivity (Wildman–Crippen MR) is 63.8 cm³/mol. The minimum Gasteiger partial charge on any atom is -0.260 e. The first-order valence-corrected chi connectivity index (χ1v) is 6.65. The number of fused-ring (bicyclic) bond motifs is 1. The SMILES string of the molecule is CCO[P+](=O)CCn1ncc2ccccc21. The third-order valence-electron chi connectivity index (χ3n) is 2.32. The van der Waals surface area contributed by atoms with E-state index in [0.29, 0.717) is 19.3 Å². The highest BCUT2D eigenvalue weighted by Crippen LogP contribution is 2.22. The first kappa shape index (κ1) is 11.2. The molecule has 1 unspecified atom stereocenters. The summed E-state index contributed by atoms with van der Waals surface area (Å²) in [6, 6.07) is 7.98. The van der Waals surface area contributed by atoms with E-state index in [1.165, 1.54) is 0 Å². The molecule has 1 aromatic carbocycles. The van der Waals surface area contributed by atoms with Gasteiger partial charge in [0.1, 0.15) is 0 Å². The van der Waals surface area contributed by atoms with Crippen molar-refractivity contribution in [3.63, 3.8) is 0 Å². The van der Waals surface area contributed by atoms with E-state index >= 15 is 0 Å². The van der Waals surface area contributed by atoms with Crippen molar-refractivity contribution in [2.75, 3.05) is 12.8 Å². The van der Waals surface area contributed by atoms with Crippen molar-refractivity contribution in [3.05, 3.63) is 30.5 Å². The number of aromatic nitrogens is 2. The first-order valence-electron chi connectivity index (χ1n) is 5.29. The molecule has 2 rings (SSSR count). The smallest absolute Gasteiger partial charge is 0.260 e. The van der Waals surface area contributed by atoms with E-state index in [1.54, 1.807) is 0 Å². The Balaban J connectivity index is 2.07. The number of para-hydroxylation sites is 1. The van der Waals surface area contributed by atoms with Crippen molar-refractivity contribution in [2.24, 2.45) is 0 Å². The maximum atomic E-state index is 11.4. The van der Waals surface area contributed by atoms with Gasteiger partial charge in [-0.3, -0.25) is 4.68 Å². The molecule has 0 radical (unpaired) electrons. The lowest BCUT2D eigenvalue weighted by molar-refractivity contribution is 0.348. The number of nitrogens with zero attached hydrogens (tertiary/aromatic N) is 2. The van der Waals surface area contributed by atoms with Crippen LogP contribution >= 0.6 is 8.03 Å². The van der Waals surface area contributed by atoms with Crippen LogP contribution < -0.4 is 0 Å². The molecule has 84 valence electrons. The second-order valence-corrected chi connectivity index (χ2v) is 4.77. The number of aryl methyl sites for hydroxylation is 1. The summed E-state index contributed by atoms with van der Waals surface area (Å²) in [5, 5.41) is 5.37. The standard InChI is InChI=1S/C11H14N2O2P/c1-2-15-16(14)8-7-13-11-6-4-3-5-10(11)9-12-13/h3-6,9H,2,7-8H2,1H3/q+1. The van der Waals surface area contributed by atoms with Crippen molar-refractivity contribution in [2.45, 2.75) is 13.5 Å². The van der Waals surface area contributed by atoms with E-state index in [1.807, 2.05) is 42.1 Å². The highest BCUT2D eigenvalue weighted by molar-refractivity contribution is 7.39. The van der Waals surface area contributed by atoms with Gasteiger partial charge in [-0.2, -0.15) is 5.10 Å². The molecule has 1 atom stereocenters. The van der Waals surface area contributed by atoms with Crippen molar-refractivity contribution in [1.82, 2.24) is 9.78 Å². The Bertz CT molecular complexity index is 495. The summed E-state index contributed by atoms with van der Waals surface area (Å²) in [5.41, 5.74) is 1.07. The molecule has 5 heteroatoms. The van der Waals surface area contributed by atoms with Crippen molar-refractivity contribution >= 4 is 18.9 Å². The summed E-state index contributed by atoms with van der Waals surface area (Å²) in [7, 11) is -1.55. The van der Waals surface area contributed by atoms with Crippen LogP contribution in [0.4, 0.5) is 0 Å². The molecule has 0 aliphatic carbocycles. The van der Waals surface area contributed by atoms with Crippen LogP contribution in [-0.4, -0.2) is 22.5 Å². The Morgan fingerprint density at radius 2 is 2.25 bits per heavy atom. The third-order valence-corrected chi connectivity index (χ3v) is 3.43. The van der Waals surface area contributed by atoms with Crippen LogP contribution in [0, 0.1) is 0 Å². The largest absolute Gasteiger partial charge is 0.510 e. The molecule has 0 N–H and O–H groups in total. The number of benzene rings is 1. The lowest BCUT2D eigenvalue weighted by atomic mass is 10.3. The maximum absolute atomic E-state index is 11.4. The van der Waals surface area contributed by atoms with Crippen molar-refractivity contribution in [3.8, 4) is 0 Å². The first-order chi connectivity index (χ1) is 7.81. The Labute approximate surface area is 95.1 Å². The van der Waals surface area contributed by atoms with Crippen LogP contribution in [0.15, 0.2) is 30.5 Å². The number of rotatable bonds is 5. The molecule has 0 amide bonds. The summed E-state index contributed by atoms with van der Waals surface area (Å²) in [4.78, 5) is 0. The van der Waals surface area contributed by atoms with Crippen LogP contribution in [0.2, 0.25) is 0 Å². The molecule has 4 nitrogen and oxygen atoms in total. The summed E-state index contributed by atoms with van der Waals surface area (Å²) >= 11 is 0. The lowest BCUT2D eigenvalue weighted by Gasteiger charge is -1.97. The maximum Gasteiger partial charge on any atom is 0.510 e. The second-order valence-electron chi connectivity index (χ2n) is 3.40. The van der Waals surface area contributed by atoms with Gasteiger partial charge in [0.05, 0.1) is 24.9 Å². The molecule has 0 saturated heterocycles. The van der Waals surface area contributed by atoms with Crippen molar-refractivity contribution < 1.29 is 9.09 Å². The highest BCUT2D eigenvalue weighted by atomic mass is 31.1. The zero-order chi connectivity index (χ0) is 11.4. The van der Waals surface area contributed by atoms with E-state index < -0.39 is 8.03 Å². The van der Waals surface area contributed by atoms with E-state index in [-0.39, 0.29) is 0 Å². The monoisotopic (exact) mass is 237 g/mol. The van der Waals surface area contributed by atoms with Crippen LogP contribution in [-0.2, 0) is 15.6 Å². The molecular weight excluding hydrogens is 223 g/mol. The van der Waals surface area contributed by atoms with Gasteiger partial charge in [0.2, 0.25) is 0 Å². The fraction of sp³-hybridized carbons (Fsp3) is 0.364. The minimum absolute atomic E-state index is 0.495. The zero-order valence-corrected chi connectivity index (χ0v) is 10.1. The molecule has 16 heavy (non-hydrogen) atoms. The highest BCUT2D eigenvalue weighted by Gasteiger charge is 2.16. The zero-order valence-electron chi connectivity index (χ0n) is 9.17. The van der Waals surface area contributed by atoms with Gasteiger partial charge in [-0.1, -0.05) is 18.2 Å². The molecule has 2 aromatic rings. The molecule has 1 aromatic heterocycles. The quantitative estimate of drug-likeness (QED) is 0.751. The summed E-state index contributed by atoms with van der Waals surface area (Å²) in [6.07, 6.45) is 2.33. The van der Waals surface area contributed by atoms with Gasteiger partial charge >= 0.3 is 8.03 Å². The van der Waals surface area contributed by atoms with Gasteiger partial charge in [-0.15, -0.1) is 4.52 Å². The molecule has 0 aliphatic rings. The normalized spacial score (nSPS) is 11.9. The summed E-state index contributed by atoms with van der Waals surface area (Å²) in [5.74, 6) is 0. The van der Waals surface area contributed by atoms with E-state index in [4.69, 9.17) is 4.52 Å². The van der Waals surface area contributed by atoms with Crippen molar-refractivity contribution in [1.29, 1.82) is 0 Å². The number of hydrogen-bond donors (Lipinski definition) is 0. The molecule has 0 saturated carbocycles. The van der Waals surface area contributed by atoms with Crippen LogP contribution in [0.1, 0.15) is 6.92 Å². The Morgan fingerprint density at radius 3 is 3.06 bits per heavy atom. The Kier molecular flexibility index (Phi) is 3.65. The topological polar surface area (TPSA) is 44.1 Å². The number of hydrogen-bond acceptors (Lipinski definition) is 3. The summed E-state index contributed by atoms with van der Waals surface area (Å²) < 4.78 is 18.2. The van der Waals surface area contributed by atoms with Crippen LogP contribution in [0.5, 0.6) is 0 Å². The fourth-order valence-corrected chi connectivity index (χ4v) is 2.36. The fourth-order valence-electron chi connectivity index (χ4n) is 1.59. The van der Waals surface area contributed by atoms with Gasteiger partial charge in [0.15, 0.2) is 6.16 Å². The van der Waals surface area contributed by atoms with E-state index in [0.717, 1.165) is 10.9 Å². The Hall–Kier alpha value is -1.25. The molecular formula is C11H14N2O2P+. The van der Waals surface area contributed by atoms with Gasteiger partial charge < -0.3 is 0 Å². The average Bonchev–Trinajstić information content (AvgIpc) is 2.70. The average molecular weight is 237 g/mol. The third kappa shape index (κ3) is 2.46. The molecule has 0 fully saturated rings. The van der Waals surface area contributed by atoms with Crippen LogP contribution in [0.25, 0.3) is 10.9 Å². The van der Waals surface area contributed by atoms with Gasteiger partial charge in [-0.25, -0.2) is 0 Å². The molecule has 0 spiro atoms. The van der Waals surface area contributed by atoms with E-state index in [9.17, 15) is 4.57 Å². The predicted octanol–water partition coefficient (Wildman–Crippen LogP) is 2.82. The van der Waals surface area contributed by atoms with Gasteiger partial charge in [0.25, 0.3) is 0 Å². The minimum atomic E-state index is -1.55. The lowest BCUT2D eigenvalue weighted by Crippen LogP contribution is -2.02. The molecule has 0 aliphatic heterocycles. The Morgan fingerprint density at radius 1 is 1.44 bits per heavy atom. The summed E-state index contributed by atoms with van der Waals surface area (Å²) in [6.45, 7) is 2.97. The molecule has 1 heterocycles. The van der Waals surface area contributed by atoms with E-state index in [2.05, 4.69) is 5.10 Å².